The summed E-state index contributed by atoms with van der Waals surface area (Å²) in [6.07, 6.45) is 4.36. The minimum Gasteiger partial charge on any atom is -0.317 e. The van der Waals surface area contributed by atoms with Crippen LogP contribution in [0.2, 0.25) is 0 Å². The number of pyridine rings is 1. The lowest BCUT2D eigenvalue weighted by Gasteiger charge is -2.12. The summed E-state index contributed by atoms with van der Waals surface area (Å²) in [6.45, 7) is 0. The molecule has 0 spiro atoms. The van der Waals surface area contributed by atoms with Gasteiger partial charge < -0.3 is 9.13 Å². The zero-order valence-electron chi connectivity index (χ0n) is 27.0. The van der Waals surface area contributed by atoms with Crippen LogP contribution in [0, 0.1) is 0 Å². The van der Waals surface area contributed by atoms with Crippen molar-refractivity contribution < 1.29 is 0 Å². The third-order valence-electron chi connectivity index (χ3n) is 10.3. The molecule has 5 heterocycles. The van der Waals surface area contributed by atoms with E-state index >= 15 is 0 Å². The maximum Gasteiger partial charge on any atom is 0.140 e. The van der Waals surface area contributed by atoms with Gasteiger partial charge in [0.25, 0.3) is 0 Å². The molecule has 50 heavy (non-hydrogen) atoms. The SMILES string of the molecule is c1ccc(-n2ccc3c4c5ccccc5n(-c5cccc(-n6c7ccccc7c7c8ccn(-c9ccccc9)c8ccc76)n5)c4ccc32)cc1. The topological polar surface area (TPSA) is 32.6 Å². The molecule has 0 saturated carbocycles. The van der Waals surface area contributed by atoms with Crippen molar-refractivity contribution in [3.8, 4) is 23.0 Å². The summed E-state index contributed by atoms with van der Waals surface area (Å²) >= 11 is 0. The minimum absolute atomic E-state index is 0.887. The second-order valence-electron chi connectivity index (χ2n) is 12.9. The van der Waals surface area contributed by atoms with E-state index in [-0.39, 0.29) is 0 Å². The zero-order chi connectivity index (χ0) is 32.8. The maximum absolute atomic E-state index is 5.44. The molecular formula is C45H29N5. The average molecular weight is 640 g/mol. The predicted molar refractivity (Wildman–Crippen MR) is 207 cm³/mol. The summed E-state index contributed by atoms with van der Waals surface area (Å²) in [4.78, 5) is 5.44. The van der Waals surface area contributed by atoms with Gasteiger partial charge in [0.1, 0.15) is 11.6 Å². The highest BCUT2D eigenvalue weighted by Gasteiger charge is 2.20. The number of para-hydroxylation sites is 4. The Bertz CT molecular complexity index is 2880. The second-order valence-corrected chi connectivity index (χ2v) is 12.9. The van der Waals surface area contributed by atoms with E-state index in [1.54, 1.807) is 0 Å². The van der Waals surface area contributed by atoms with Crippen LogP contribution in [0.3, 0.4) is 0 Å². The Hall–Kier alpha value is -6.85. The number of fused-ring (bicyclic) bond motifs is 10. The van der Waals surface area contributed by atoms with Gasteiger partial charge >= 0.3 is 0 Å². The molecule has 11 aromatic rings. The lowest BCUT2D eigenvalue weighted by Crippen LogP contribution is -2.03. The van der Waals surface area contributed by atoms with Crippen molar-refractivity contribution in [1.29, 1.82) is 0 Å². The first kappa shape index (κ1) is 27.1. The van der Waals surface area contributed by atoms with E-state index in [1.807, 2.05) is 0 Å². The number of benzene rings is 6. The van der Waals surface area contributed by atoms with E-state index in [0.29, 0.717) is 0 Å². The second kappa shape index (κ2) is 10.3. The molecule has 0 fully saturated rings. The van der Waals surface area contributed by atoms with Crippen molar-refractivity contribution in [3.63, 3.8) is 0 Å². The van der Waals surface area contributed by atoms with Crippen LogP contribution in [0.4, 0.5) is 0 Å². The Morgan fingerprint density at radius 2 is 0.700 bits per heavy atom. The Kier molecular flexibility index (Phi) is 5.60. The Morgan fingerprint density at radius 1 is 0.300 bits per heavy atom. The van der Waals surface area contributed by atoms with Crippen molar-refractivity contribution in [1.82, 2.24) is 23.3 Å². The Balaban J connectivity index is 1.14. The molecule has 0 aliphatic heterocycles. The van der Waals surface area contributed by atoms with Crippen molar-refractivity contribution in [2.75, 3.05) is 0 Å². The van der Waals surface area contributed by atoms with E-state index < -0.39 is 0 Å². The smallest absolute Gasteiger partial charge is 0.140 e. The molecule has 5 aromatic heterocycles. The highest BCUT2D eigenvalue weighted by atomic mass is 15.1. The molecule has 5 nitrogen and oxygen atoms in total. The van der Waals surface area contributed by atoms with Gasteiger partial charge in [0.15, 0.2) is 0 Å². The van der Waals surface area contributed by atoms with Gasteiger partial charge in [0.05, 0.1) is 33.1 Å². The number of rotatable bonds is 4. The number of hydrogen-bond donors (Lipinski definition) is 0. The lowest BCUT2D eigenvalue weighted by atomic mass is 10.1. The van der Waals surface area contributed by atoms with E-state index in [1.165, 1.54) is 43.4 Å². The fraction of sp³-hybridized carbons (Fsp3) is 0. The van der Waals surface area contributed by atoms with Crippen molar-refractivity contribution in [3.05, 3.63) is 176 Å². The number of hydrogen-bond acceptors (Lipinski definition) is 1. The molecule has 0 aliphatic carbocycles. The molecule has 0 radical (unpaired) electrons. The van der Waals surface area contributed by atoms with Gasteiger partial charge in [-0.05, 0) is 84.9 Å². The first-order valence-corrected chi connectivity index (χ1v) is 17.0. The van der Waals surface area contributed by atoms with Crippen LogP contribution in [-0.2, 0) is 0 Å². The largest absolute Gasteiger partial charge is 0.317 e. The van der Waals surface area contributed by atoms with Gasteiger partial charge in [-0.1, -0.05) is 78.9 Å². The quantitative estimate of drug-likeness (QED) is 0.189. The summed E-state index contributed by atoms with van der Waals surface area (Å²) < 4.78 is 9.18. The third kappa shape index (κ3) is 3.74. The lowest BCUT2D eigenvalue weighted by molar-refractivity contribution is 1.01. The first-order chi connectivity index (χ1) is 24.8. The van der Waals surface area contributed by atoms with E-state index in [9.17, 15) is 0 Å². The molecule has 11 rings (SSSR count). The molecule has 0 bridgehead atoms. The molecule has 6 aromatic carbocycles. The van der Waals surface area contributed by atoms with Crippen LogP contribution in [-0.4, -0.2) is 23.3 Å². The summed E-state index contributed by atoms with van der Waals surface area (Å²) in [7, 11) is 0. The molecule has 0 saturated heterocycles. The summed E-state index contributed by atoms with van der Waals surface area (Å²) in [5.74, 6) is 1.77. The van der Waals surface area contributed by atoms with Gasteiger partial charge in [0, 0.05) is 56.1 Å². The van der Waals surface area contributed by atoms with Crippen molar-refractivity contribution in [2.45, 2.75) is 0 Å². The summed E-state index contributed by atoms with van der Waals surface area (Å²) in [5.41, 5.74) is 9.23. The molecule has 0 unspecified atom stereocenters. The van der Waals surface area contributed by atoms with E-state index in [2.05, 4.69) is 194 Å². The van der Waals surface area contributed by atoms with Gasteiger partial charge in [-0.25, -0.2) is 4.98 Å². The van der Waals surface area contributed by atoms with Crippen LogP contribution in [0.5, 0.6) is 0 Å². The molecule has 0 amide bonds. The highest BCUT2D eigenvalue weighted by Crippen LogP contribution is 2.40. The Labute approximate surface area is 287 Å². The number of aromatic nitrogens is 5. The summed E-state index contributed by atoms with van der Waals surface area (Å²) in [5, 5.41) is 7.36. The molecule has 5 heteroatoms. The normalized spacial score (nSPS) is 12.0. The maximum atomic E-state index is 5.44. The van der Waals surface area contributed by atoms with Crippen LogP contribution in [0.15, 0.2) is 176 Å². The third-order valence-corrected chi connectivity index (χ3v) is 10.3. The van der Waals surface area contributed by atoms with Gasteiger partial charge in [-0.3, -0.25) is 9.13 Å². The predicted octanol–water partition coefficient (Wildman–Crippen LogP) is 11.2. The fourth-order valence-electron chi connectivity index (χ4n) is 8.15. The molecular weight excluding hydrogens is 611 g/mol. The molecule has 0 N–H and O–H groups in total. The van der Waals surface area contributed by atoms with Gasteiger partial charge in [0.2, 0.25) is 0 Å². The van der Waals surface area contributed by atoms with E-state index in [0.717, 1.165) is 45.1 Å². The average Bonchev–Trinajstić information content (AvgIpc) is 3.96. The minimum atomic E-state index is 0.887. The van der Waals surface area contributed by atoms with Gasteiger partial charge in [-0.2, -0.15) is 0 Å². The van der Waals surface area contributed by atoms with Crippen LogP contribution >= 0.6 is 0 Å². The zero-order valence-corrected chi connectivity index (χ0v) is 27.0. The standard InChI is InChI=1S/C45H29N5/c1-3-12-30(13-4-1)47-28-26-34-36(47)22-24-40-44(34)32-16-7-9-18-38(32)49(40)42-20-11-21-43(46-42)50-39-19-10-8-17-33(39)45-35-27-29-48(31-14-5-2-6-15-31)37(35)23-25-41(45)50/h1-29H. The molecule has 0 aliphatic rings. The van der Waals surface area contributed by atoms with Crippen LogP contribution < -0.4 is 0 Å². The molecule has 234 valence electrons. The molecule has 0 atom stereocenters. The van der Waals surface area contributed by atoms with Crippen molar-refractivity contribution in [2.24, 2.45) is 0 Å². The Morgan fingerprint density at radius 3 is 1.18 bits per heavy atom. The highest BCUT2D eigenvalue weighted by molar-refractivity contribution is 6.22. The first-order valence-electron chi connectivity index (χ1n) is 17.0. The number of nitrogens with zero attached hydrogens (tertiary/aromatic N) is 5. The fourth-order valence-corrected chi connectivity index (χ4v) is 8.15. The van der Waals surface area contributed by atoms with Crippen molar-refractivity contribution >= 4 is 65.4 Å². The van der Waals surface area contributed by atoms with Crippen LogP contribution in [0.25, 0.3) is 88.4 Å². The van der Waals surface area contributed by atoms with Crippen LogP contribution in [0.1, 0.15) is 0 Å². The van der Waals surface area contributed by atoms with Gasteiger partial charge in [-0.15, -0.1) is 0 Å². The van der Waals surface area contributed by atoms with E-state index in [4.69, 9.17) is 4.98 Å². The summed E-state index contributed by atoms with van der Waals surface area (Å²) in [6, 6.07) is 58.3. The monoisotopic (exact) mass is 639 g/mol.